The van der Waals surface area contributed by atoms with Crippen LogP contribution in [-0.2, 0) is 0 Å². The molecule has 0 saturated carbocycles. The van der Waals surface area contributed by atoms with Crippen molar-refractivity contribution in [2.45, 2.75) is 13.8 Å². The van der Waals surface area contributed by atoms with Gasteiger partial charge in [-0.15, -0.1) is 0 Å². The summed E-state index contributed by atoms with van der Waals surface area (Å²) >= 11 is 0. The molecule has 152 valence electrons. The fraction of sp³-hybridized carbons (Fsp3) is 0.500. The van der Waals surface area contributed by atoms with E-state index in [1.165, 1.54) is 0 Å². The van der Waals surface area contributed by atoms with Crippen LogP contribution in [0.5, 0.6) is 17.2 Å². The second-order valence-electron chi connectivity index (χ2n) is 6.65. The van der Waals surface area contributed by atoms with Gasteiger partial charge >= 0.3 is 0 Å². The van der Waals surface area contributed by atoms with Gasteiger partial charge in [-0.05, 0) is 13.5 Å². The topological polar surface area (TPSA) is 72.0 Å². The number of methoxy groups -OCH3 is 3. The van der Waals surface area contributed by atoms with Crippen LogP contribution in [0.3, 0.4) is 0 Å². The number of aromatic nitrogens is 2. The van der Waals surface area contributed by atoms with Crippen LogP contribution in [0.15, 0.2) is 18.2 Å². The highest BCUT2D eigenvalue weighted by atomic mass is 16.5. The number of hydrogen-bond donors (Lipinski definition) is 1. The number of nitrogens with one attached hydrogen (secondary N) is 1. The van der Waals surface area contributed by atoms with Gasteiger partial charge in [-0.3, -0.25) is 0 Å². The van der Waals surface area contributed by atoms with E-state index in [2.05, 4.69) is 27.0 Å². The van der Waals surface area contributed by atoms with Gasteiger partial charge in [0.1, 0.15) is 5.82 Å². The zero-order chi connectivity index (χ0) is 20.1. The molecule has 1 N–H and O–H groups in total. The molecule has 1 aliphatic heterocycles. The van der Waals surface area contributed by atoms with Crippen molar-refractivity contribution in [1.29, 1.82) is 0 Å². The van der Waals surface area contributed by atoms with E-state index >= 15 is 0 Å². The molecule has 3 rings (SSSR count). The largest absolute Gasteiger partial charge is 0.493 e. The van der Waals surface area contributed by atoms with Gasteiger partial charge in [0.15, 0.2) is 11.5 Å². The van der Waals surface area contributed by atoms with E-state index in [4.69, 9.17) is 19.2 Å². The van der Waals surface area contributed by atoms with Crippen LogP contribution in [0.2, 0.25) is 0 Å². The molecule has 1 saturated heterocycles. The Hall–Kier alpha value is -2.74. The summed E-state index contributed by atoms with van der Waals surface area (Å²) in [6.07, 6.45) is 0. The Labute approximate surface area is 166 Å². The summed E-state index contributed by atoms with van der Waals surface area (Å²) in [6, 6.07) is 5.71. The lowest BCUT2D eigenvalue weighted by Crippen LogP contribution is -2.46. The highest BCUT2D eigenvalue weighted by molar-refractivity contribution is 5.66. The molecular formula is C20H29N5O3. The first-order valence-electron chi connectivity index (χ1n) is 9.48. The average molecular weight is 387 g/mol. The van der Waals surface area contributed by atoms with Crippen molar-refractivity contribution in [3.63, 3.8) is 0 Å². The van der Waals surface area contributed by atoms with Crippen LogP contribution >= 0.6 is 0 Å². The average Bonchev–Trinajstić information content (AvgIpc) is 2.72. The zero-order valence-corrected chi connectivity index (χ0v) is 17.3. The SMILES string of the molecule is CCN1CCN(c2cc(C)nc(Nc3cc(OC)c(OC)c(OC)c3)n2)CC1. The van der Waals surface area contributed by atoms with Crippen LogP contribution in [0.4, 0.5) is 17.5 Å². The third-order valence-corrected chi connectivity index (χ3v) is 4.91. The number of aryl methyl sites for hydroxylation is 1. The Morgan fingerprint density at radius 1 is 0.929 bits per heavy atom. The maximum absolute atomic E-state index is 5.42. The van der Waals surface area contributed by atoms with E-state index in [0.717, 1.165) is 49.9 Å². The molecule has 8 nitrogen and oxygen atoms in total. The molecule has 0 amide bonds. The Morgan fingerprint density at radius 3 is 2.11 bits per heavy atom. The van der Waals surface area contributed by atoms with Crippen molar-refractivity contribution >= 4 is 17.5 Å². The molecule has 0 radical (unpaired) electrons. The van der Waals surface area contributed by atoms with Crippen molar-refractivity contribution in [2.75, 3.05) is 64.3 Å². The van der Waals surface area contributed by atoms with Crippen LogP contribution in [0.25, 0.3) is 0 Å². The van der Waals surface area contributed by atoms with E-state index in [1.54, 1.807) is 21.3 Å². The lowest BCUT2D eigenvalue weighted by atomic mass is 10.2. The van der Waals surface area contributed by atoms with Crippen LogP contribution in [0, 0.1) is 6.92 Å². The third kappa shape index (κ3) is 4.39. The molecule has 2 aromatic rings. The minimum Gasteiger partial charge on any atom is -0.493 e. The van der Waals surface area contributed by atoms with E-state index in [1.807, 2.05) is 25.1 Å². The van der Waals surface area contributed by atoms with Gasteiger partial charge in [-0.2, -0.15) is 4.98 Å². The normalized spacial score (nSPS) is 14.7. The van der Waals surface area contributed by atoms with E-state index in [9.17, 15) is 0 Å². The number of ether oxygens (including phenoxy) is 3. The second kappa shape index (κ2) is 8.97. The summed E-state index contributed by atoms with van der Waals surface area (Å²) in [5.74, 6) is 3.19. The summed E-state index contributed by atoms with van der Waals surface area (Å²) in [6.45, 7) is 9.30. The summed E-state index contributed by atoms with van der Waals surface area (Å²) < 4.78 is 16.2. The van der Waals surface area contributed by atoms with Crippen molar-refractivity contribution in [3.05, 3.63) is 23.9 Å². The fourth-order valence-corrected chi connectivity index (χ4v) is 3.35. The molecule has 1 aromatic heterocycles. The van der Waals surface area contributed by atoms with Crippen LogP contribution in [-0.4, -0.2) is 68.9 Å². The highest BCUT2D eigenvalue weighted by Gasteiger charge is 2.18. The zero-order valence-electron chi connectivity index (χ0n) is 17.3. The lowest BCUT2D eigenvalue weighted by molar-refractivity contribution is 0.270. The number of nitrogens with zero attached hydrogens (tertiary/aromatic N) is 4. The van der Waals surface area contributed by atoms with Gasteiger partial charge in [-0.25, -0.2) is 4.98 Å². The number of anilines is 3. The number of piperazine rings is 1. The van der Waals surface area contributed by atoms with Gasteiger partial charge in [0.25, 0.3) is 0 Å². The molecule has 0 bridgehead atoms. The number of hydrogen-bond acceptors (Lipinski definition) is 8. The monoisotopic (exact) mass is 387 g/mol. The predicted octanol–water partition coefficient (Wildman–Crippen LogP) is 2.70. The first-order chi connectivity index (χ1) is 13.6. The Kier molecular flexibility index (Phi) is 6.41. The molecule has 1 fully saturated rings. The number of benzene rings is 1. The minimum atomic E-state index is 0.544. The first-order valence-corrected chi connectivity index (χ1v) is 9.48. The van der Waals surface area contributed by atoms with Crippen LogP contribution in [0.1, 0.15) is 12.6 Å². The van der Waals surface area contributed by atoms with Gasteiger partial charge < -0.3 is 29.3 Å². The van der Waals surface area contributed by atoms with Gasteiger partial charge in [0.05, 0.1) is 21.3 Å². The smallest absolute Gasteiger partial charge is 0.229 e. The predicted molar refractivity (Wildman–Crippen MR) is 110 cm³/mol. The summed E-state index contributed by atoms with van der Waals surface area (Å²) in [5.41, 5.74) is 1.68. The van der Waals surface area contributed by atoms with Crippen molar-refractivity contribution in [1.82, 2.24) is 14.9 Å². The summed E-state index contributed by atoms with van der Waals surface area (Å²) in [5, 5.41) is 3.27. The molecule has 28 heavy (non-hydrogen) atoms. The molecule has 0 unspecified atom stereocenters. The number of likely N-dealkylation sites (N-methyl/N-ethyl adjacent to an activating group) is 1. The molecule has 0 spiro atoms. The maximum Gasteiger partial charge on any atom is 0.229 e. The van der Waals surface area contributed by atoms with E-state index in [0.29, 0.717) is 23.2 Å². The molecular weight excluding hydrogens is 358 g/mol. The number of rotatable bonds is 7. The van der Waals surface area contributed by atoms with E-state index in [-0.39, 0.29) is 0 Å². The van der Waals surface area contributed by atoms with Crippen molar-refractivity contribution in [2.24, 2.45) is 0 Å². The molecule has 0 aliphatic carbocycles. The summed E-state index contributed by atoms with van der Waals surface area (Å²) in [4.78, 5) is 14.0. The molecule has 1 aromatic carbocycles. The third-order valence-electron chi connectivity index (χ3n) is 4.91. The Balaban J connectivity index is 1.84. The quantitative estimate of drug-likeness (QED) is 0.778. The van der Waals surface area contributed by atoms with Gasteiger partial charge in [0.2, 0.25) is 11.7 Å². The molecule has 0 atom stereocenters. The van der Waals surface area contributed by atoms with Gasteiger partial charge in [0, 0.05) is 55.8 Å². The van der Waals surface area contributed by atoms with E-state index < -0.39 is 0 Å². The van der Waals surface area contributed by atoms with Crippen molar-refractivity contribution in [3.8, 4) is 17.2 Å². The van der Waals surface area contributed by atoms with Gasteiger partial charge in [-0.1, -0.05) is 6.92 Å². The lowest BCUT2D eigenvalue weighted by Gasteiger charge is -2.34. The Morgan fingerprint density at radius 2 is 1.57 bits per heavy atom. The first kappa shape index (κ1) is 20.0. The Bertz CT molecular complexity index is 781. The molecule has 1 aliphatic rings. The minimum absolute atomic E-state index is 0.544. The molecule has 8 heteroatoms. The fourth-order valence-electron chi connectivity index (χ4n) is 3.35. The molecule has 2 heterocycles. The van der Waals surface area contributed by atoms with Crippen molar-refractivity contribution < 1.29 is 14.2 Å². The highest BCUT2D eigenvalue weighted by Crippen LogP contribution is 2.40. The summed E-state index contributed by atoms with van der Waals surface area (Å²) in [7, 11) is 4.78. The second-order valence-corrected chi connectivity index (χ2v) is 6.65. The van der Waals surface area contributed by atoms with Crippen LogP contribution < -0.4 is 24.4 Å². The standard InChI is InChI=1S/C20H29N5O3/c1-6-24-7-9-25(10-8-24)18-11-14(2)21-20(23-18)22-15-12-16(26-3)19(28-5)17(13-15)27-4/h11-13H,6-10H2,1-5H3,(H,21,22,23). The maximum atomic E-state index is 5.42.